The Morgan fingerprint density at radius 3 is 2.50 bits per heavy atom. The van der Waals surface area contributed by atoms with Gasteiger partial charge in [-0.1, -0.05) is 24.3 Å². The molecule has 4 heteroatoms. The van der Waals surface area contributed by atoms with E-state index in [4.69, 9.17) is 0 Å². The summed E-state index contributed by atoms with van der Waals surface area (Å²) in [5.41, 5.74) is 4.24. The SMILES string of the molecule is Cc1cccc(NCC(=O)Nc2ccccc2I)c1C. The highest BCUT2D eigenvalue weighted by molar-refractivity contribution is 14.1. The second-order valence-electron chi connectivity index (χ2n) is 4.63. The van der Waals surface area contributed by atoms with Crippen molar-refractivity contribution in [1.82, 2.24) is 0 Å². The maximum absolute atomic E-state index is 12.0. The number of halogens is 1. The predicted octanol–water partition coefficient (Wildman–Crippen LogP) is 3.96. The molecule has 2 rings (SSSR count). The first-order valence-corrected chi connectivity index (χ1v) is 7.50. The first-order valence-electron chi connectivity index (χ1n) is 6.42. The van der Waals surface area contributed by atoms with Crippen molar-refractivity contribution in [3.63, 3.8) is 0 Å². The van der Waals surface area contributed by atoms with E-state index in [1.54, 1.807) is 0 Å². The van der Waals surface area contributed by atoms with Crippen LogP contribution in [0.3, 0.4) is 0 Å². The molecule has 1 amide bonds. The average molecular weight is 380 g/mol. The summed E-state index contributed by atoms with van der Waals surface area (Å²) in [6, 6.07) is 13.8. The molecule has 2 aromatic rings. The summed E-state index contributed by atoms with van der Waals surface area (Å²) in [5.74, 6) is -0.0463. The Balaban J connectivity index is 1.96. The summed E-state index contributed by atoms with van der Waals surface area (Å²) < 4.78 is 1.03. The molecule has 104 valence electrons. The van der Waals surface area contributed by atoms with Gasteiger partial charge < -0.3 is 10.6 Å². The quantitative estimate of drug-likeness (QED) is 0.789. The van der Waals surface area contributed by atoms with E-state index in [1.807, 2.05) is 36.4 Å². The van der Waals surface area contributed by atoms with Crippen molar-refractivity contribution in [3.05, 3.63) is 57.2 Å². The van der Waals surface area contributed by atoms with Crippen molar-refractivity contribution in [2.75, 3.05) is 17.2 Å². The van der Waals surface area contributed by atoms with Crippen LogP contribution in [0.1, 0.15) is 11.1 Å². The van der Waals surface area contributed by atoms with Crippen molar-refractivity contribution < 1.29 is 4.79 Å². The number of rotatable bonds is 4. The molecule has 0 aliphatic heterocycles. The molecule has 0 aliphatic rings. The topological polar surface area (TPSA) is 41.1 Å². The highest BCUT2D eigenvalue weighted by Gasteiger charge is 2.06. The fourth-order valence-electron chi connectivity index (χ4n) is 1.88. The van der Waals surface area contributed by atoms with Crippen LogP contribution < -0.4 is 10.6 Å². The molecule has 0 saturated carbocycles. The minimum absolute atomic E-state index is 0.0463. The number of amides is 1. The number of benzene rings is 2. The van der Waals surface area contributed by atoms with Crippen LogP contribution in [0.4, 0.5) is 11.4 Å². The Morgan fingerprint density at radius 2 is 1.75 bits per heavy atom. The Kier molecular flexibility index (Phi) is 5.00. The molecule has 0 bridgehead atoms. The molecule has 0 saturated heterocycles. The summed E-state index contributed by atoms with van der Waals surface area (Å²) in [6.07, 6.45) is 0. The van der Waals surface area contributed by atoms with Crippen LogP contribution in [0.5, 0.6) is 0 Å². The average Bonchev–Trinajstić information content (AvgIpc) is 2.43. The van der Waals surface area contributed by atoms with E-state index in [0.29, 0.717) is 0 Å². The van der Waals surface area contributed by atoms with Gasteiger partial charge in [-0.15, -0.1) is 0 Å². The monoisotopic (exact) mass is 380 g/mol. The highest BCUT2D eigenvalue weighted by Crippen LogP contribution is 2.18. The van der Waals surface area contributed by atoms with E-state index >= 15 is 0 Å². The van der Waals surface area contributed by atoms with Gasteiger partial charge in [0.05, 0.1) is 12.2 Å². The van der Waals surface area contributed by atoms with Gasteiger partial charge in [-0.2, -0.15) is 0 Å². The molecular weight excluding hydrogens is 363 g/mol. The number of aryl methyl sites for hydroxylation is 1. The van der Waals surface area contributed by atoms with Crippen LogP contribution in [0.15, 0.2) is 42.5 Å². The predicted molar refractivity (Wildman–Crippen MR) is 92.2 cm³/mol. The smallest absolute Gasteiger partial charge is 0.243 e. The zero-order valence-corrected chi connectivity index (χ0v) is 13.7. The number of carbonyl (C=O) groups excluding carboxylic acids is 1. The van der Waals surface area contributed by atoms with Gasteiger partial charge in [0.15, 0.2) is 0 Å². The number of nitrogens with one attached hydrogen (secondary N) is 2. The molecule has 0 atom stereocenters. The van der Waals surface area contributed by atoms with Crippen LogP contribution in [0.25, 0.3) is 0 Å². The molecular formula is C16H17IN2O. The highest BCUT2D eigenvalue weighted by atomic mass is 127. The standard InChI is InChI=1S/C16H17IN2O/c1-11-6-5-9-14(12(11)2)18-10-16(20)19-15-8-4-3-7-13(15)17/h3-9,18H,10H2,1-2H3,(H,19,20). The summed E-state index contributed by atoms with van der Waals surface area (Å²) in [4.78, 5) is 12.0. The molecule has 2 aromatic carbocycles. The molecule has 0 aromatic heterocycles. The second kappa shape index (κ2) is 6.74. The van der Waals surface area contributed by atoms with Crippen molar-refractivity contribution in [2.45, 2.75) is 13.8 Å². The summed E-state index contributed by atoms with van der Waals surface area (Å²) in [5, 5.41) is 6.08. The van der Waals surface area contributed by atoms with E-state index in [0.717, 1.165) is 14.9 Å². The molecule has 20 heavy (non-hydrogen) atoms. The fourth-order valence-corrected chi connectivity index (χ4v) is 2.40. The number of anilines is 2. The number of hydrogen-bond donors (Lipinski definition) is 2. The van der Waals surface area contributed by atoms with Crippen LogP contribution in [0, 0.1) is 17.4 Å². The van der Waals surface area contributed by atoms with E-state index in [9.17, 15) is 4.79 Å². The minimum Gasteiger partial charge on any atom is -0.376 e. The summed E-state index contributed by atoms with van der Waals surface area (Å²) in [6.45, 7) is 4.37. The lowest BCUT2D eigenvalue weighted by Gasteiger charge is -2.12. The number of hydrogen-bond acceptors (Lipinski definition) is 2. The molecule has 0 aliphatic carbocycles. The third-order valence-corrected chi connectivity index (χ3v) is 4.13. The van der Waals surface area contributed by atoms with Crippen molar-refractivity contribution >= 4 is 39.9 Å². The third-order valence-electron chi connectivity index (χ3n) is 3.19. The van der Waals surface area contributed by atoms with Crippen molar-refractivity contribution in [2.24, 2.45) is 0 Å². The zero-order valence-electron chi connectivity index (χ0n) is 11.5. The minimum atomic E-state index is -0.0463. The Bertz CT molecular complexity index is 626. The van der Waals surface area contributed by atoms with Crippen LogP contribution >= 0.6 is 22.6 Å². The van der Waals surface area contributed by atoms with Crippen molar-refractivity contribution in [1.29, 1.82) is 0 Å². The van der Waals surface area contributed by atoms with Gasteiger partial charge in [0, 0.05) is 9.26 Å². The lowest BCUT2D eigenvalue weighted by atomic mass is 10.1. The molecule has 0 heterocycles. The number of para-hydroxylation sites is 1. The van der Waals surface area contributed by atoms with Crippen LogP contribution in [0.2, 0.25) is 0 Å². The van der Waals surface area contributed by atoms with E-state index in [1.165, 1.54) is 11.1 Å². The van der Waals surface area contributed by atoms with E-state index < -0.39 is 0 Å². The van der Waals surface area contributed by atoms with E-state index in [-0.39, 0.29) is 12.5 Å². The maximum Gasteiger partial charge on any atom is 0.243 e. The summed E-state index contributed by atoms with van der Waals surface area (Å²) >= 11 is 2.21. The molecule has 2 N–H and O–H groups in total. The molecule has 0 unspecified atom stereocenters. The summed E-state index contributed by atoms with van der Waals surface area (Å²) in [7, 11) is 0. The van der Waals surface area contributed by atoms with Gasteiger partial charge in [-0.05, 0) is 65.8 Å². The fraction of sp³-hybridized carbons (Fsp3) is 0.188. The molecule has 0 fully saturated rings. The van der Waals surface area contributed by atoms with Gasteiger partial charge in [0.2, 0.25) is 5.91 Å². The first kappa shape index (κ1) is 14.8. The van der Waals surface area contributed by atoms with Gasteiger partial charge in [0.1, 0.15) is 0 Å². The van der Waals surface area contributed by atoms with Gasteiger partial charge in [-0.3, -0.25) is 4.79 Å². The third kappa shape index (κ3) is 3.72. The van der Waals surface area contributed by atoms with Gasteiger partial charge >= 0.3 is 0 Å². The lowest BCUT2D eigenvalue weighted by Crippen LogP contribution is -2.22. The van der Waals surface area contributed by atoms with Gasteiger partial charge in [-0.25, -0.2) is 0 Å². The normalized spacial score (nSPS) is 10.2. The lowest BCUT2D eigenvalue weighted by molar-refractivity contribution is -0.114. The second-order valence-corrected chi connectivity index (χ2v) is 5.79. The molecule has 3 nitrogen and oxygen atoms in total. The van der Waals surface area contributed by atoms with Crippen LogP contribution in [-0.2, 0) is 4.79 Å². The first-order chi connectivity index (χ1) is 9.58. The Hall–Kier alpha value is -1.56. The number of carbonyl (C=O) groups is 1. The molecule has 0 spiro atoms. The van der Waals surface area contributed by atoms with Crippen LogP contribution in [-0.4, -0.2) is 12.5 Å². The Labute approximate surface area is 132 Å². The largest absolute Gasteiger partial charge is 0.376 e. The Morgan fingerprint density at radius 1 is 1.05 bits per heavy atom. The zero-order chi connectivity index (χ0) is 14.5. The molecule has 0 radical (unpaired) electrons. The van der Waals surface area contributed by atoms with Crippen molar-refractivity contribution in [3.8, 4) is 0 Å². The maximum atomic E-state index is 12.0. The van der Waals surface area contributed by atoms with Gasteiger partial charge in [0.25, 0.3) is 0 Å². The van der Waals surface area contributed by atoms with E-state index in [2.05, 4.69) is 53.1 Å².